The van der Waals surface area contributed by atoms with Crippen molar-refractivity contribution in [2.45, 2.75) is 32.0 Å². The van der Waals surface area contributed by atoms with Gasteiger partial charge in [0.15, 0.2) is 5.16 Å². The van der Waals surface area contributed by atoms with Gasteiger partial charge in [-0.05, 0) is 60.7 Å². The molecule has 5 nitrogen and oxygen atoms in total. The number of hydrogen-bond acceptors (Lipinski definition) is 4. The molecule has 33 heavy (non-hydrogen) atoms. The number of rotatable bonds is 4. The first-order valence-electron chi connectivity index (χ1n) is 11.1. The van der Waals surface area contributed by atoms with Crippen molar-refractivity contribution in [3.8, 4) is 5.69 Å². The molecular weight excluding hydrogens is 430 g/mol. The van der Waals surface area contributed by atoms with E-state index in [2.05, 4.69) is 12.1 Å². The second kappa shape index (κ2) is 8.87. The van der Waals surface area contributed by atoms with Gasteiger partial charge in [-0.1, -0.05) is 60.3 Å². The van der Waals surface area contributed by atoms with Crippen molar-refractivity contribution in [2.75, 3.05) is 12.3 Å². The lowest BCUT2D eigenvalue weighted by Gasteiger charge is -2.28. The Morgan fingerprint density at radius 1 is 1.00 bits per heavy atom. The third-order valence-electron chi connectivity index (χ3n) is 6.16. The highest BCUT2D eigenvalue weighted by Gasteiger charge is 2.22. The zero-order valence-electron chi connectivity index (χ0n) is 18.7. The number of aryl methyl sites for hydroxylation is 2. The number of benzene rings is 3. The summed E-state index contributed by atoms with van der Waals surface area (Å²) in [5.41, 5.74) is 5.91. The molecule has 0 unspecified atom stereocenters. The van der Waals surface area contributed by atoms with Crippen LogP contribution < -0.4 is 5.56 Å². The Balaban J connectivity index is 1.48. The average molecular weight is 456 g/mol. The molecule has 1 aliphatic heterocycles. The summed E-state index contributed by atoms with van der Waals surface area (Å²) < 4.78 is 1.66. The van der Waals surface area contributed by atoms with E-state index in [0.29, 0.717) is 29.1 Å². The third kappa shape index (κ3) is 4.18. The van der Waals surface area contributed by atoms with E-state index in [9.17, 15) is 9.59 Å². The van der Waals surface area contributed by atoms with Gasteiger partial charge in [0.1, 0.15) is 0 Å². The van der Waals surface area contributed by atoms with Gasteiger partial charge in [0.05, 0.1) is 22.3 Å². The fourth-order valence-electron chi connectivity index (χ4n) is 4.31. The van der Waals surface area contributed by atoms with Crippen molar-refractivity contribution in [1.29, 1.82) is 0 Å². The first kappa shape index (κ1) is 21.5. The standard InChI is InChI=1S/C27H25N3O2S/c1-18-11-12-19(2)24(15-18)30-26(32)22-9-5-6-10-23(22)28-27(30)33-17-25(31)29-14-13-20-7-3-4-8-21(20)16-29/h3-12,15H,13-14,16-17H2,1-2H3. The summed E-state index contributed by atoms with van der Waals surface area (Å²) in [7, 11) is 0. The number of thioether (sulfide) groups is 1. The van der Waals surface area contributed by atoms with E-state index in [0.717, 1.165) is 23.2 Å². The molecule has 0 saturated heterocycles. The first-order valence-corrected chi connectivity index (χ1v) is 12.1. The molecule has 1 aliphatic rings. The number of hydrogen-bond donors (Lipinski definition) is 0. The Morgan fingerprint density at radius 2 is 1.76 bits per heavy atom. The van der Waals surface area contributed by atoms with Gasteiger partial charge >= 0.3 is 0 Å². The summed E-state index contributed by atoms with van der Waals surface area (Å²) in [5, 5.41) is 1.11. The summed E-state index contributed by atoms with van der Waals surface area (Å²) in [6, 6.07) is 21.7. The van der Waals surface area contributed by atoms with Crippen molar-refractivity contribution in [2.24, 2.45) is 0 Å². The lowest BCUT2D eigenvalue weighted by atomic mass is 10.00. The van der Waals surface area contributed by atoms with Gasteiger partial charge in [-0.15, -0.1) is 0 Å². The summed E-state index contributed by atoms with van der Waals surface area (Å²) in [6.07, 6.45) is 0.869. The molecule has 0 radical (unpaired) electrons. The van der Waals surface area contributed by atoms with Crippen LogP contribution in [0.25, 0.3) is 16.6 Å². The number of carbonyl (C=O) groups is 1. The van der Waals surface area contributed by atoms with Gasteiger partial charge in [0.2, 0.25) is 5.91 Å². The molecule has 0 saturated carbocycles. The average Bonchev–Trinajstić information content (AvgIpc) is 2.84. The highest BCUT2D eigenvalue weighted by Crippen LogP contribution is 2.25. The highest BCUT2D eigenvalue weighted by molar-refractivity contribution is 7.99. The van der Waals surface area contributed by atoms with Gasteiger partial charge in [0.25, 0.3) is 5.56 Å². The summed E-state index contributed by atoms with van der Waals surface area (Å²) in [6.45, 7) is 5.34. The zero-order chi connectivity index (χ0) is 22.9. The summed E-state index contributed by atoms with van der Waals surface area (Å²) >= 11 is 1.33. The van der Waals surface area contributed by atoms with E-state index in [1.807, 2.05) is 67.3 Å². The smallest absolute Gasteiger partial charge is 0.266 e. The van der Waals surface area contributed by atoms with Crippen molar-refractivity contribution in [1.82, 2.24) is 14.5 Å². The Morgan fingerprint density at radius 3 is 2.61 bits per heavy atom. The van der Waals surface area contributed by atoms with Gasteiger partial charge in [0, 0.05) is 13.1 Å². The minimum atomic E-state index is -0.115. The molecule has 0 fully saturated rings. The van der Waals surface area contributed by atoms with Crippen LogP contribution in [0.1, 0.15) is 22.3 Å². The molecular formula is C27H25N3O2S. The quantitative estimate of drug-likeness (QED) is 0.331. The molecule has 3 aromatic carbocycles. The Bertz CT molecular complexity index is 1430. The lowest BCUT2D eigenvalue weighted by molar-refractivity contribution is -0.129. The Kier molecular flexibility index (Phi) is 5.77. The second-order valence-corrected chi connectivity index (χ2v) is 9.41. The topological polar surface area (TPSA) is 55.2 Å². The van der Waals surface area contributed by atoms with Crippen LogP contribution in [0.4, 0.5) is 0 Å². The molecule has 2 heterocycles. The number of nitrogens with zero attached hydrogens (tertiary/aromatic N) is 3. The fraction of sp³-hybridized carbons (Fsp3) is 0.222. The van der Waals surface area contributed by atoms with Crippen molar-refractivity contribution < 1.29 is 4.79 Å². The second-order valence-electron chi connectivity index (χ2n) is 8.46. The van der Waals surface area contributed by atoms with Crippen LogP contribution in [-0.4, -0.2) is 32.7 Å². The predicted molar refractivity (Wildman–Crippen MR) is 133 cm³/mol. The summed E-state index contributed by atoms with van der Waals surface area (Å²) in [5.74, 6) is 0.294. The number of fused-ring (bicyclic) bond motifs is 2. The largest absolute Gasteiger partial charge is 0.337 e. The van der Waals surface area contributed by atoms with E-state index < -0.39 is 0 Å². The molecule has 1 amide bonds. The van der Waals surface area contributed by atoms with Crippen LogP contribution in [0.15, 0.2) is 76.7 Å². The van der Waals surface area contributed by atoms with Crippen LogP contribution in [0.3, 0.4) is 0 Å². The zero-order valence-corrected chi connectivity index (χ0v) is 19.6. The van der Waals surface area contributed by atoms with E-state index in [-0.39, 0.29) is 17.2 Å². The van der Waals surface area contributed by atoms with Crippen LogP contribution in [0.2, 0.25) is 0 Å². The molecule has 1 aromatic heterocycles. The Hall–Kier alpha value is -3.38. The molecule has 6 heteroatoms. The molecule has 0 spiro atoms. The van der Waals surface area contributed by atoms with E-state index in [1.165, 1.54) is 22.9 Å². The fourth-order valence-corrected chi connectivity index (χ4v) is 5.22. The number of carbonyl (C=O) groups excluding carboxylic acids is 1. The van der Waals surface area contributed by atoms with E-state index >= 15 is 0 Å². The Labute approximate surface area is 197 Å². The van der Waals surface area contributed by atoms with Gasteiger partial charge in [-0.25, -0.2) is 4.98 Å². The maximum absolute atomic E-state index is 13.5. The molecule has 5 rings (SSSR count). The van der Waals surface area contributed by atoms with Crippen LogP contribution >= 0.6 is 11.8 Å². The molecule has 0 atom stereocenters. The molecule has 0 bridgehead atoms. The normalized spacial score (nSPS) is 13.2. The van der Waals surface area contributed by atoms with E-state index in [4.69, 9.17) is 4.98 Å². The van der Waals surface area contributed by atoms with Gasteiger partial charge < -0.3 is 4.90 Å². The number of amides is 1. The van der Waals surface area contributed by atoms with E-state index in [1.54, 1.807) is 10.6 Å². The van der Waals surface area contributed by atoms with Crippen molar-refractivity contribution >= 4 is 28.6 Å². The van der Waals surface area contributed by atoms with Gasteiger partial charge in [-0.3, -0.25) is 14.2 Å². The molecule has 0 aliphatic carbocycles. The highest BCUT2D eigenvalue weighted by atomic mass is 32.2. The predicted octanol–water partition coefficient (Wildman–Crippen LogP) is 4.68. The van der Waals surface area contributed by atoms with Crippen molar-refractivity contribution in [3.05, 3.63) is 99.3 Å². The maximum Gasteiger partial charge on any atom is 0.266 e. The molecule has 166 valence electrons. The SMILES string of the molecule is Cc1ccc(C)c(-n2c(SCC(=O)N3CCc4ccccc4C3)nc3ccccc3c2=O)c1. The lowest BCUT2D eigenvalue weighted by Crippen LogP contribution is -2.37. The monoisotopic (exact) mass is 455 g/mol. The van der Waals surface area contributed by atoms with Crippen LogP contribution in [0, 0.1) is 13.8 Å². The van der Waals surface area contributed by atoms with Crippen LogP contribution in [-0.2, 0) is 17.8 Å². The summed E-state index contributed by atoms with van der Waals surface area (Å²) in [4.78, 5) is 33.3. The minimum Gasteiger partial charge on any atom is -0.337 e. The number of para-hydroxylation sites is 1. The first-order chi connectivity index (χ1) is 16.0. The maximum atomic E-state index is 13.5. The molecule has 4 aromatic rings. The number of aromatic nitrogens is 2. The third-order valence-corrected chi connectivity index (χ3v) is 7.08. The minimum absolute atomic E-state index is 0.0597. The van der Waals surface area contributed by atoms with Crippen molar-refractivity contribution in [3.63, 3.8) is 0 Å². The molecule has 0 N–H and O–H groups in total. The van der Waals surface area contributed by atoms with Gasteiger partial charge in [-0.2, -0.15) is 0 Å². The van der Waals surface area contributed by atoms with Crippen LogP contribution in [0.5, 0.6) is 0 Å².